The van der Waals surface area contributed by atoms with Crippen LogP contribution in [0.1, 0.15) is 21.5 Å². The zero-order valence-electron chi connectivity index (χ0n) is 20.5. The van der Waals surface area contributed by atoms with Crippen molar-refractivity contribution in [2.24, 2.45) is 0 Å². The standard InChI is InChI=1S/C28H27Cl3N4O3/c29-19-4-1-3-18(15-19)17-28(22-8-7-20(30)16-24(22)32-27(28)38)33-25-21(5-2-6-23(25)31)26(37)35-11-9-34(10-12-35)13-14-36/h1-8,15-16,33,36H,9-14,17H2,(H,32,38). The molecule has 10 heteroatoms. The molecular weight excluding hydrogens is 547 g/mol. The Morgan fingerprint density at radius 3 is 2.45 bits per heavy atom. The van der Waals surface area contributed by atoms with Gasteiger partial charge in [0.15, 0.2) is 0 Å². The summed E-state index contributed by atoms with van der Waals surface area (Å²) in [5, 5.41) is 17.0. The fraction of sp³-hybridized carbons (Fsp3) is 0.286. The Balaban J connectivity index is 1.54. The monoisotopic (exact) mass is 572 g/mol. The molecule has 2 aliphatic rings. The normalized spacial score (nSPS) is 19.3. The summed E-state index contributed by atoms with van der Waals surface area (Å²) in [6.07, 6.45) is 0.257. The first kappa shape index (κ1) is 26.8. The van der Waals surface area contributed by atoms with E-state index in [2.05, 4.69) is 15.5 Å². The second kappa shape index (κ2) is 11.1. The Kier molecular flexibility index (Phi) is 7.84. The van der Waals surface area contributed by atoms with E-state index in [4.69, 9.17) is 34.8 Å². The third-order valence-electron chi connectivity index (χ3n) is 7.09. The van der Waals surface area contributed by atoms with Crippen LogP contribution in [0, 0.1) is 0 Å². The predicted octanol–water partition coefficient (Wildman–Crippen LogP) is 4.90. The Morgan fingerprint density at radius 2 is 1.71 bits per heavy atom. The third kappa shape index (κ3) is 5.22. The molecule has 1 fully saturated rings. The molecule has 3 aromatic rings. The Bertz CT molecular complexity index is 1380. The van der Waals surface area contributed by atoms with E-state index in [9.17, 15) is 14.7 Å². The fourth-order valence-electron chi connectivity index (χ4n) is 5.17. The van der Waals surface area contributed by atoms with Crippen molar-refractivity contribution in [1.82, 2.24) is 9.80 Å². The summed E-state index contributed by atoms with van der Waals surface area (Å²) in [4.78, 5) is 31.3. The van der Waals surface area contributed by atoms with Crippen molar-refractivity contribution in [3.05, 3.63) is 92.4 Å². The Labute approximate surface area is 236 Å². The minimum absolute atomic E-state index is 0.0831. The highest BCUT2D eigenvalue weighted by atomic mass is 35.5. The smallest absolute Gasteiger partial charge is 0.256 e. The number of piperazine rings is 1. The molecule has 0 aliphatic carbocycles. The first-order valence-corrected chi connectivity index (χ1v) is 13.5. The van der Waals surface area contributed by atoms with Crippen molar-refractivity contribution in [3.8, 4) is 0 Å². The number of carbonyl (C=O) groups excluding carboxylic acids is 2. The second-order valence-corrected chi connectivity index (χ2v) is 10.8. The van der Waals surface area contributed by atoms with Gasteiger partial charge in [-0.05, 0) is 42.0 Å². The van der Waals surface area contributed by atoms with Crippen LogP contribution in [-0.2, 0) is 16.8 Å². The maximum Gasteiger partial charge on any atom is 0.256 e. The lowest BCUT2D eigenvalue weighted by Gasteiger charge is -2.36. The molecule has 0 saturated carbocycles. The molecule has 0 radical (unpaired) electrons. The lowest BCUT2D eigenvalue weighted by atomic mass is 9.84. The van der Waals surface area contributed by atoms with Crippen molar-refractivity contribution in [3.63, 3.8) is 0 Å². The van der Waals surface area contributed by atoms with Crippen LogP contribution in [0.3, 0.4) is 0 Å². The molecule has 198 valence electrons. The van der Waals surface area contributed by atoms with Gasteiger partial charge in [0, 0.05) is 60.4 Å². The lowest BCUT2D eigenvalue weighted by molar-refractivity contribution is -0.119. The van der Waals surface area contributed by atoms with E-state index < -0.39 is 5.54 Å². The van der Waals surface area contributed by atoms with Crippen LogP contribution >= 0.6 is 34.8 Å². The first-order valence-electron chi connectivity index (χ1n) is 12.4. The first-order chi connectivity index (χ1) is 18.3. The van der Waals surface area contributed by atoms with Gasteiger partial charge < -0.3 is 20.6 Å². The minimum Gasteiger partial charge on any atom is -0.395 e. The molecule has 1 saturated heterocycles. The number of carbonyl (C=O) groups is 2. The number of amides is 2. The van der Waals surface area contributed by atoms with Crippen LogP contribution in [-0.4, -0.2) is 66.1 Å². The van der Waals surface area contributed by atoms with E-state index in [0.29, 0.717) is 70.3 Å². The summed E-state index contributed by atoms with van der Waals surface area (Å²) in [5.74, 6) is -0.461. The number of nitrogens with one attached hydrogen (secondary N) is 2. The zero-order chi connectivity index (χ0) is 26.9. The third-order valence-corrected chi connectivity index (χ3v) is 7.88. The van der Waals surface area contributed by atoms with Gasteiger partial charge in [0.2, 0.25) is 0 Å². The number of nitrogens with zero attached hydrogens (tertiary/aromatic N) is 2. The van der Waals surface area contributed by atoms with Gasteiger partial charge in [0.05, 0.1) is 22.9 Å². The van der Waals surface area contributed by atoms with Crippen LogP contribution in [0.15, 0.2) is 60.7 Å². The van der Waals surface area contributed by atoms with Crippen LogP contribution < -0.4 is 10.6 Å². The highest BCUT2D eigenvalue weighted by molar-refractivity contribution is 6.34. The average molecular weight is 574 g/mol. The molecule has 2 aliphatic heterocycles. The molecule has 1 unspecified atom stereocenters. The van der Waals surface area contributed by atoms with Crippen molar-refractivity contribution < 1.29 is 14.7 Å². The van der Waals surface area contributed by atoms with Gasteiger partial charge in [-0.25, -0.2) is 0 Å². The Hall–Kier alpha value is -2.81. The maximum atomic E-state index is 13.7. The topological polar surface area (TPSA) is 84.9 Å². The molecule has 5 rings (SSSR count). The van der Waals surface area contributed by atoms with Gasteiger partial charge in [-0.15, -0.1) is 0 Å². The molecule has 0 bridgehead atoms. The van der Waals surface area contributed by atoms with Crippen LogP contribution in [0.5, 0.6) is 0 Å². The SMILES string of the molecule is O=C(c1cccc(Cl)c1NC1(Cc2cccc(Cl)c2)C(=O)Nc2cc(Cl)ccc21)N1CCN(CCO)CC1. The van der Waals surface area contributed by atoms with E-state index in [1.54, 1.807) is 41.3 Å². The number of anilines is 2. The highest BCUT2D eigenvalue weighted by Gasteiger charge is 2.48. The Morgan fingerprint density at radius 1 is 0.974 bits per heavy atom. The molecule has 3 N–H and O–H groups in total. The van der Waals surface area contributed by atoms with Gasteiger partial charge in [0.1, 0.15) is 5.54 Å². The number of β-amino-alcohol motifs (C(OH)–C–C–N with tert-alkyl or cyclic N) is 1. The summed E-state index contributed by atoms with van der Waals surface area (Å²) in [6.45, 7) is 3.06. The number of aliphatic hydroxyl groups excluding tert-OH is 1. The molecule has 7 nitrogen and oxygen atoms in total. The molecule has 2 amide bonds. The van der Waals surface area contributed by atoms with Gasteiger partial charge in [-0.3, -0.25) is 14.5 Å². The number of hydrogen-bond donors (Lipinski definition) is 3. The van der Waals surface area contributed by atoms with Crippen LogP contribution in [0.2, 0.25) is 15.1 Å². The predicted molar refractivity (Wildman–Crippen MR) is 151 cm³/mol. The summed E-state index contributed by atoms with van der Waals surface area (Å²) < 4.78 is 0. The molecule has 38 heavy (non-hydrogen) atoms. The highest BCUT2D eigenvalue weighted by Crippen LogP contribution is 2.44. The van der Waals surface area contributed by atoms with Gasteiger partial charge in [0.25, 0.3) is 11.8 Å². The molecular formula is C28H27Cl3N4O3. The van der Waals surface area contributed by atoms with E-state index in [1.165, 1.54) is 0 Å². The number of para-hydroxylation sites is 1. The van der Waals surface area contributed by atoms with Crippen molar-refractivity contribution in [2.45, 2.75) is 12.0 Å². The maximum absolute atomic E-state index is 13.7. The van der Waals surface area contributed by atoms with Crippen molar-refractivity contribution in [1.29, 1.82) is 0 Å². The number of aliphatic hydroxyl groups is 1. The van der Waals surface area contributed by atoms with E-state index >= 15 is 0 Å². The average Bonchev–Trinajstić information content (AvgIpc) is 3.15. The van der Waals surface area contributed by atoms with E-state index in [1.807, 2.05) is 24.3 Å². The summed E-state index contributed by atoms with van der Waals surface area (Å²) in [5.41, 5.74) is 1.62. The molecule has 2 heterocycles. The quantitative estimate of drug-likeness (QED) is 0.375. The van der Waals surface area contributed by atoms with Gasteiger partial charge in [-0.2, -0.15) is 0 Å². The summed E-state index contributed by atoms with van der Waals surface area (Å²) >= 11 is 19.2. The van der Waals surface area contributed by atoms with Crippen molar-refractivity contribution in [2.75, 3.05) is 50.0 Å². The summed E-state index contributed by atoms with van der Waals surface area (Å²) in [6, 6.07) is 17.7. The minimum atomic E-state index is -1.27. The molecule has 1 atom stereocenters. The van der Waals surface area contributed by atoms with Gasteiger partial charge in [-0.1, -0.05) is 59.1 Å². The van der Waals surface area contributed by atoms with E-state index in [0.717, 1.165) is 5.56 Å². The lowest BCUT2D eigenvalue weighted by Crippen LogP contribution is -2.49. The second-order valence-electron chi connectivity index (χ2n) is 9.50. The molecule has 0 spiro atoms. The number of halogens is 3. The van der Waals surface area contributed by atoms with Gasteiger partial charge >= 0.3 is 0 Å². The number of rotatable bonds is 7. The summed E-state index contributed by atoms with van der Waals surface area (Å²) in [7, 11) is 0. The van der Waals surface area contributed by atoms with E-state index in [-0.39, 0.29) is 24.8 Å². The molecule has 0 aromatic heterocycles. The zero-order valence-corrected chi connectivity index (χ0v) is 22.8. The number of hydrogen-bond acceptors (Lipinski definition) is 5. The van der Waals surface area contributed by atoms with Crippen LogP contribution in [0.4, 0.5) is 11.4 Å². The van der Waals surface area contributed by atoms with Crippen molar-refractivity contribution >= 4 is 58.0 Å². The number of fused-ring (bicyclic) bond motifs is 1. The fourth-order valence-corrected chi connectivity index (χ4v) is 5.78. The van der Waals surface area contributed by atoms with Crippen LogP contribution in [0.25, 0.3) is 0 Å². The number of benzene rings is 3. The molecule has 3 aromatic carbocycles. The largest absolute Gasteiger partial charge is 0.395 e.